The Morgan fingerprint density at radius 1 is 0.857 bits per heavy atom. The number of hydrogen-bond donors (Lipinski definition) is 0. The van der Waals surface area contributed by atoms with Crippen molar-refractivity contribution in [2.75, 3.05) is 0 Å². The van der Waals surface area contributed by atoms with E-state index in [1.54, 1.807) is 12.3 Å². The van der Waals surface area contributed by atoms with Gasteiger partial charge in [-0.2, -0.15) is 0 Å². The highest BCUT2D eigenvalue weighted by atomic mass is 19.1. The van der Waals surface area contributed by atoms with Crippen LogP contribution >= 0.6 is 0 Å². The maximum absolute atomic E-state index is 13.6. The van der Waals surface area contributed by atoms with Gasteiger partial charge in [0.25, 0.3) is 5.71 Å². The Bertz CT molecular complexity index is 1310. The molecule has 0 fully saturated rings. The molecule has 3 heterocycles. The largest absolute Gasteiger partial charge is 0.336 e. The molecule has 0 atom stereocenters. The third kappa shape index (κ3) is 2.99. The monoisotopic (exact) mass is 373 g/mol. The van der Waals surface area contributed by atoms with Gasteiger partial charge in [-0.3, -0.25) is 4.98 Å². The molecule has 5 aromatic rings. The van der Waals surface area contributed by atoms with Crippen molar-refractivity contribution < 1.29 is 13.3 Å². The number of pyridine rings is 2. The van der Waals surface area contributed by atoms with Crippen LogP contribution in [0.3, 0.4) is 0 Å². The molecule has 0 unspecified atom stereocenters. The highest BCUT2D eigenvalue weighted by Gasteiger charge is 2.13. The van der Waals surface area contributed by atoms with Crippen LogP contribution < -0.4 is 0 Å². The molecule has 0 aliphatic carbocycles. The minimum Gasteiger partial charge on any atom is -0.336 e. The number of nitrogens with zero attached hydrogens (tertiary/aromatic N) is 3. The smallest absolute Gasteiger partial charge is 0.257 e. The van der Waals surface area contributed by atoms with Crippen LogP contribution in [0.2, 0.25) is 0 Å². The number of halogens is 2. The van der Waals surface area contributed by atoms with E-state index in [-0.39, 0.29) is 0 Å². The van der Waals surface area contributed by atoms with Crippen LogP contribution in [0.4, 0.5) is 8.78 Å². The lowest BCUT2D eigenvalue weighted by molar-refractivity contribution is 0.440. The molecule has 6 heteroatoms. The van der Waals surface area contributed by atoms with Gasteiger partial charge in [0.05, 0.1) is 16.6 Å². The van der Waals surface area contributed by atoms with Gasteiger partial charge in [-0.05, 0) is 47.5 Å². The van der Waals surface area contributed by atoms with Gasteiger partial charge in [0, 0.05) is 35.8 Å². The fourth-order valence-electron chi connectivity index (χ4n) is 3.31. The molecule has 0 saturated carbocycles. The Kier molecular flexibility index (Phi) is 3.83. The van der Waals surface area contributed by atoms with E-state index in [4.69, 9.17) is 4.52 Å². The molecule has 0 aliphatic heterocycles. The second-order valence-corrected chi connectivity index (χ2v) is 6.57. The Hall–Kier alpha value is -3.67. The Morgan fingerprint density at radius 3 is 2.57 bits per heavy atom. The van der Waals surface area contributed by atoms with Crippen LogP contribution in [0.1, 0.15) is 11.3 Å². The van der Waals surface area contributed by atoms with Crippen molar-refractivity contribution in [3.05, 3.63) is 89.9 Å². The Labute approximate surface area is 158 Å². The Morgan fingerprint density at radius 2 is 1.71 bits per heavy atom. The lowest BCUT2D eigenvalue weighted by atomic mass is 10.0. The molecule has 4 nitrogen and oxygen atoms in total. The molecule has 0 bridgehead atoms. The molecular weight excluding hydrogens is 360 g/mol. The molecule has 136 valence electrons. The van der Waals surface area contributed by atoms with Crippen molar-refractivity contribution in [2.24, 2.45) is 0 Å². The fraction of sp³-hybridized carbons (Fsp3) is 0.0455. The first kappa shape index (κ1) is 16.5. The van der Waals surface area contributed by atoms with Crippen molar-refractivity contribution in [2.45, 2.75) is 6.42 Å². The first-order chi connectivity index (χ1) is 13.7. The lowest BCUT2D eigenvalue weighted by Gasteiger charge is -2.04. The maximum atomic E-state index is 13.6. The van der Waals surface area contributed by atoms with Crippen molar-refractivity contribution >= 4 is 22.0 Å². The number of hydrogen-bond acceptors (Lipinski definition) is 4. The zero-order chi connectivity index (χ0) is 19.1. The van der Waals surface area contributed by atoms with Gasteiger partial charge in [0.1, 0.15) is 11.6 Å². The van der Waals surface area contributed by atoms with Gasteiger partial charge in [0.15, 0.2) is 0 Å². The van der Waals surface area contributed by atoms with Crippen LogP contribution in [0.15, 0.2) is 71.5 Å². The van der Waals surface area contributed by atoms with Crippen LogP contribution in [-0.2, 0) is 6.42 Å². The number of benzene rings is 2. The van der Waals surface area contributed by atoms with Gasteiger partial charge in [-0.25, -0.2) is 13.8 Å². The van der Waals surface area contributed by atoms with Crippen LogP contribution in [0.25, 0.3) is 33.1 Å². The second kappa shape index (κ2) is 6.49. The molecule has 5 rings (SSSR count). The van der Waals surface area contributed by atoms with Crippen LogP contribution in [0.5, 0.6) is 0 Å². The van der Waals surface area contributed by atoms with Crippen LogP contribution in [-0.4, -0.2) is 15.1 Å². The summed E-state index contributed by atoms with van der Waals surface area (Å²) >= 11 is 0. The lowest BCUT2D eigenvalue weighted by Crippen LogP contribution is -1.91. The van der Waals surface area contributed by atoms with Gasteiger partial charge in [-0.1, -0.05) is 17.3 Å². The molecule has 3 aromatic heterocycles. The number of rotatable bonds is 3. The molecule has 0 radical (unpaired) electrons. The SMILES string of the molecule is Fc1cc(F)cc(-c2cnc3onc(Cc4ccc5ncccc5c4)c3c2)c1. The average molecular weight is 373 g/mol. The second-order valence-electron chi connectivity index (χ2n) is 6.57. The van der Waals surface area contributed by atoms with E-state index in [1.807, 2.05) is 24.3 Å². The molecule has 0 spiro atoms. The molecule has 0 N–H and O–H groups in total. The molecule has 0 saturated heterocycles. The number of aromatic nitrogens is 3. The summed E-state index contributed by atoms with van der Waals surface area (Å²) in [6, 6.07) is 15.1. The summed E-state index contributed by atoms with van der Waals surface area (Å²) in [5.41, 5.74) is 4.09. The van der Waals surface area contributed by atoms with E-state index in [2.05, 4.69) is 21.2 Å². The third-order valence-corrected chi connectivity index (χ3v) is 4.64. The quantitative estimate of drug-likeness (QED) is 0.430. The summed E-state index contributed by atoms with van der Waals surface area (Å²) in [6.45, 7) is 0. The first-order valence-corrected chi connectivity index (χ1v) is 8.70. The Balaban J connectivity index is 1.55. The van der Waals surface area contributed by atoms with E-state index >= 15 is 0 Å². The van der Waals surface area contributed by atoms with E-state index in [0.29, 0.717) is 34.3 Å². The highest BCUT2D eigenvalue weighted by Crippen LogP contribution is 2.27. The predicted octanol–water partition coefficient (Wildman–Crippen LogP) is 5.31. The molecule has 0 amide bonds. The van der Waals surface area contributed by atoms with Crippen molar-refractivity contribution in [3.63, 3.8) is 0 Å². The predicted molar refractivity (Wildman–Crippen MR) is 102 cm³/mol. The average Bonchev–Trinajstić information content (AvgIpc) is 3.09. The minimum absolute atomic E-state index is 0.387. The van der Waals surface area contributed by atoms with E-state index in [1.165, 1.54) is 18.3 Å². The summed E-state index contributed by atoms with van der Waals surface area (Å²) in [7, 11) is 0. The molecule has 0 aliphatic rings. The van der Waals surface area contributed by atoms with Crippen molar-refractivity contribution in [3.8, 4) is 11.1 Å². The van der Waals surface area contributed by atoms with Crippen molar-refractivity contribution in [1.82, 2.24) is 15.1 Å². The highest BCUT2D eigenvalue weighted by molar-refractivity contribution is 5.83. The molecule has 2 aromatic carbocycles. The molecule has 28 heavy (non-hydrogen) atoms. The standard InChI is InChI=1S/C22H13F2N3O/c23-17-8-15(9-18(24)11-17)16-10-19-21(27-28-22(19)26-12-16)7-13-3-4-20-14(6-13)2-1-5-25-20/h1-6,8-12H,7H2. The maximum Gasteiger partial charge on any atom is 0.257 e. The van der Waals surface area contributed by atoms with Gasteiger partial charge < -0.3 is 4.52 Å². The van der Waals surface area contributed by atoms with E-state index in [9.17, 15) is 8.78 Å². The molecular formula is C22H13F2N3O. The van der Waals surface area contributed by atoms with Gasteiger partial charge >= 0.3 is 0 Å². The van der Waals surface area contributed by atoms with Gasteiger partial charge in [-0.15, -0.1) is 0 Å². The zero-order valence-electron chi connectivity index (χ0n) is 14.6. The van der Waals surface area contributed by atoms with Crippen molar-refractivity contribution in [1.29, 1.82) is 0 Å². The third-order valence-electron chi connectivity index (χ3n) is 4.64. The van der Waals surface area contributed by atoms with Crippen LogP contribution in [0, 0.1) is 11.6 Å². The normalized spacial score (nSPS) is 11.4. The summed E-state index contributed by atoms with van der Waals surface area (Å²) in [4.78, 5) is 8.57. The van der Waals surface area contributed by atoms with E-state index in [0.717, 1.165) is 22.5 Å². The minimum atomic E-state index is -0.634. The van der Waals surface area contributed by atoms with Gasteiger partial charge in [0.2, 0.25) is 0 Å². The first-order valence-electron chi connectivity index (χ1n) is 8.70. The summed E-state index contributed by atoms with van der Waals surface area (Å²) in [5, 5.41) is 5.90. The number of fused-ring (bicyclic) bond motifs is 2. The fourth-order valence-corrected chi connectivity index (χ4v) is 3.31. The summed E-state index contributed by atoms with van der Waals surface area (Å²) < 4.78 is 32.5. The zero-order valence-corrected chi connectivity index (χ0v) is 14.6. The van der Waals surface area contributed by atoms with E-state index < -0.39 is 11.6 Å². The summed E-state index contributed by atoms with van der Waals surface area (Å²) in [6.07, 6.45) is 3.82. The topological polar surface area (TPSA) is 51.8 Å². The summed E-state index contributed by atoms with van der Waals surface area (Å²) in [5.74, 6) is -1.27.